The van der Waals surface area contributed by atoms with Crippen LogP contribution in [0.1, 0.15) is 29.7 Å². The number of aliphatic hydroxyl groups is 1. The molecule has 0 saturated carbocycles. The molecule has 5 nitrogen and oxygen atoms in total. The molecule has 0 aliphatic carbocycles. The summed E-state index contributed by atoms with van der Waals surface area (Å²) in [5, 5.41) is 11.6. The number of benzene rings is 3. The number of rotatable bonds is 5. The number of carbonyl (C=O) groups is 2. The van der Waals surface area contributed by atoms with Crippen molar-refractivity contribution in [2.75, 3.05) is 11.5 Å². The molecule has 1 fully saturated rings. The molecule has 1 heterocycles. The van der Waals surface area contributed by atoms with Crippen LogP contribution < -0.4 is 9.64 Å². The summed E-state index contributed by atoms with van der Waals surface area (Å²) in [5.41, 5.74) is 2.59. The van der Waals surface area contributed by atoms with Crippen molar-refractivity contribution in [3.8, 4) is 5.75 Å². The Balaban J connectivity index is 1.94. The van der Waals surface area contributed by atoms with Gasteiger partial charge in [0.25, 0.3) is 11.7 Å². The van der Waals surface area contributed by atoms with E-state index in [2.05, 4.69) is 0 Å². The van der Waals surface area contributed by atoms with Crippen LogP contribution in [-0.2, 0) is 9.59 Å². The van der Waals surface area contributed by atoms with Crippen molar-refractivity contribution in [2.24, 2.45) is 0 Å². The molecule has 1 saturated heterocycles. The SMILES string of the molecule is CCOc1cccc(N2C(=O)C(=O)/C(=C(/O)c3cccc(Cl)c3)C2c2cccc(C)c2)c1. The third kappa shape index (κ3) is 3.99. The first kappa shape index (κ1) is 21.7. The number of nitrogens with zero attached hydrogens (tertiary/aromatic N) is 1. The number of aryl methyl sites for hydroxylation is 1. The molecule has 162 valence electrons. The van der Waals surface area contributed by atoms with E-state index < -0.39 is 17.7 Å². The van der Waals surface area contributed by atoms with Gasteiger partial charge in [0.1, 0.15) is 11.5 Å². The lowest BCUT2D eigenvalue weighted by Crippen LogP contribution is -2.29. The van der Waals surface area contributed by atoms with Gasteiger partial charge in [-0.25, -0.2) is 0 Å². The number of ketones is 1. The minimum atomic E-state index is -0.800. The Kier molecular flexibility index (Phi) is 6.01. The minimum Gasteiger partial charge on any atom is -0.507 e. The highest BCUT2D eigenvalue weighted by atomic mass is 35.5. The Morgan fingerprint density at radius 2 is 1.78 bits per heavy atom. The highest BCUT2D eigenvalue weighted by Gasteiger charge is 2.47. The summed E-state index contributed by atoms with van der Waals surface area (Å²) in [7, 11) is 0. The van der Waals surface area contributed by atoms with E-state index in [9.17, 15) is 14.7 Å². The minimum absolute atomic E-state index is 0.0182. The molecular formula is C26H22ClNO4. The summed E-state index contributed by atoms with van der Waals surface area (Å²) < 4.78 is 5.59. The zero-order valence-corrected chi connectivity index (χ0v) is 18.5. The van der Waals surface area contributed by atoms with Crippen LogP contribution in [0.5, 0.6) is 5.75 Å². The Morgan fingerprint density at radius 3 is 2.50 bits per heavy atom. The van der Waals surface area contributed by atoms with Crippen LogP contribution in [0.25, 0.3) is 5.76 Å². The average molecular weight is 448 g/mol. The number of halogens is 1. The van der Waals surface area contributed by atoms with Crippen LogP contribution in [0, 0.1) is 6.92 Å². The first-order valence-electron chi connectivity index (χ1n) is 10.3. The molecule has 1 unspecified atom stereocenters. The molecule has 1 amide bonds. The number of ether oxygens (including phenoxy) is 1. The number of carbonyl (C=O) groups excluding carboxylic acids is 2. The normalized spacial score (nSPS) is 17.6. The lowest BCUT2D eigenvalue weighted by atomic mass is 9.94. The Bertz CT molecular complexity index is 1230. The lowest BCUT2D eigenvalue weighted by Gasteiger charge is -2.26. The number of hydrogen-bond acceptors (Lipinski definition) is 4. The fourth-order valence-electron chi connectivity index (χ4n) is 3.94. The van der Waals surface area contributed by atoms with Crippen LogP contribution in [0.3, 0.4) is 0 Å². The summed E-state index contributed by atoms with van der Waals surface area (Å²) in [5.74, 6) is -1.14. The zero-order chi connectivity index (χ0) is 22.8. The summed E-state index contributed by atoms with van der Waals surface area (Å²) in [6, 6.07) is 20.3. The standard InChI is InChI=1S/C26H22ClNO4/c1-3-32-21-12-6-11-20(15-21)28-23(17-8-4-7-16(2)13-17)22(25(30)26(28)31)24(29)18-9-5-10-19(27)14-18/h4-15,23,29H,3H2,1-2H3/b24-22+. The predicted octanol–water partition coefficient (Wildman–Crippen LogP) is 5.67. The second-order valence-electron chi connectivity index (χ2n) is 7.52. The van der Waals surface area contributed by atoms with Gasteiger partial charge < -0.3 is 9.84 Å². The monoisotopic (exact) mass is 447 g/mol. The van der Waals surface area contributed by atoms with E-state index >= 15 is 0 Å². The highest BCUT2D eigenvalue weighted by molar-refractivity contribution is 6.51. The average Bonchev–Trinajstić information content (AvgIpc) is 3.04. The van der Waals surface area contributed by atoms with E-state index in [0.29, 0.717) is 28.6 Å². The van der Waals surface area contributed by atoms with E-state index in [4.69, 9.17) is 16.3 Å². The Labute approximate surface area is 191 Å². The van der Waals surface area contributed by atoms with Crippen molar-refractivity contribution in [3.63, 3.8) is 0 Å². The summed E-state index contributed by atoms with van der Waals surface area (Å²) in [4.78, 5) is 27.8. The lowest BCUT2D eigenvalue weighted by molar-refractivity contribution is -0.132. The number of amides is 1. The first-order chi connectivity index (χ1) is 15.4. The summed E-state index contributed by atoms with van der Waals surface area (Å²) >= 11 is 6.10. The second-order valence-corrected chi connectivity index (χ2v) is 7.96. The van der Waals surface area contributed by atoms with Gasteiger partial charge in [-0.1, -0.05) is 59.6 Å². The van der Waals surface area contributed by atoms with Gasteiger partial charge in [-0.2, -0.15) is 0 Å². The van der Waals surface area contributed by atoms with Gasteiger partial charge in [0.2, 0.25) is 0 Å². The predicted molar refractivity (Wildman–Crippen MR) is 125 cm³/mol. The molecule has 4 rings (SSSR count). The first-order valence-corrected chi connectivity index (χ1v) is 10.6. The maximum Gasteiger partial charge on any atom is 0.300 e. The summed E-state index contributed by atoms with van der Waals surface area (Å²) in [6.45, 7) is 4.28. The topological polar surface area (TPSA) is 66.8 Å². The van der Waals surface area contributed by atoms with Gasteiger partial charge >= 0.3 is 0 Å². The van der Waals surface area contributed by atoms with Gasteiger partial charge in [-0.05, 0) is 43.7 Å². The molecule has 1 atom stereocenters. The fraction of sp³-hybridized carbons (Fsp3) is 0.154. The van der Waals surface area contributed by atoms with Gasteiger partial charge in [0.15, 0.2) is 0 Å². The molecule has 32 heavy (non-hydrogen) atoms. The van der Waals surface area contributed by atoms with Crippen molar-refractivity contribution in [2.45, 2.75) is 19.9 Å². The van der Waals surface area contributed by atoms with E-state index in [1.54, 1.807) is 48.5 Å². The number of Topliss-reactive ketones (excluding diaryl/α,β-unsaturated/α-hetero) is 1. The van der Waals surface area contributed by atoms with Crippen molar-refractivity contribution in [1.82, 2.24) is 0 Å². The number of anilines is 1. The molecule has 1 aliphatic rings. The van der Waals surface area contributed by atoms with E-state index in [1.807, 2.05) is 38.1 Å². The van der Waals surface area contributed by atoms with Crippen LogP contribution >= 0.6 is 11.6 Å². The molecular weight excluding hydrogens is 426 g/mol. The molecule has 0 bridgehead atoms. The van der Waals surface area contributed by atoms with Gasteiger partial charge in [-0.3, -0.25) is 14.5 Å². The molecule has 0 aromatic heterocycles. The van der Waals surface area contributed by atoms with Crippen molar-refractivity contribution >= 4 is 34.7 Å². The number of hydrogen-bond donors (Lipinski definition) is 1. The molecule has 1 aliphatic heterocycles. The van der Waals surface area contributed by atoms with Crippen LogP contribution in [0.4, 0.5) is 5.69 Å². The van der Waals surface area contributed by atoms with Gasteiger partial charge in [0.05, 0.1) is 18.2 Å². The molecule has 3 aromatic carbocycles. The van der Waals surface area contributed by atoms with Gasteiger partial charge in [0, 0.05) is 22.3 Å². The third-order valence-corrected chi connectivity index (χ3v) is 5.54. The maximum absolute atomic E-state index is 13.2. The molecule has 6 heteroatoms. The maximum atomic E-state index is 13.2. The van der Waals surface area contributed by atoms with Crippen molar-refractivity contribution in [1.29, 1.82) is 0 Å². The zero-order valence-electron chi connectivity index (χ0n) is 17.7. The van der Waals surface area contributed by atoms with E-state index in [0.717, 1.165) is 11.1 Å². The van der Waals surface area contributed by atoms with Gasteiger partial charge in [-0.15, -0.1) is 0 Å². The molecule has 0 spiro atoms. The second kappa shape index (κ2) is 8.89. The number of aliphatic hydroxyl groups excluding tert-OH is 1. The van der Waals surface area contributed by atoms with Crippen LogP contribution in [0.15, 0.2) is 78.4 Å². The largest absolute Gasteiger partial charge is 0.507 e. The summed E-state index contributed by atoms with van der Waals surface area (Å²) in [6.07, 6.45) is 0. The van der Waals surface area contributed by atoms with Crippen LogP contribution in [-0.4, -0.2) is 23.4 Å². The van der Waals surface area contributed by atoms with E-state index in [1.165, 1.54) is 4.90 Å². The van der Waals surface area contributed by atoms with E-state index in [-0.39, 0.29) is 11.3 Å². The fourth-order valence-corrected chi connectivity index (χ4v) is 4.13. The highest BCUT2D eigenvalue weighted by Crippen LogP contribution is 2.43. The third-order valence-electron chi connectivity index (χ3n) is 5.31. The Hall–Kier alpha value is -3.57. The van der Waals surface area contributed by atoms with Crippen molar-refractivity contribution in [3.05, 3.63) is 100 Å². The Morgan fingerprint density at radius 1 is 1.03 bits per heavy atom. The molecule has 3 aromatic rings. The van der Waals surface area contributed by atoms with Crippen LogP contribution in [0.2, 0.25) is 5.02 Å². The molecule has 0 radical (unpaired) electrons. The molecule has 1 N–H and O–H groups in total. The smallest absolute Gasteiger partial charge is 0.300 e. The van der Waals surface area contributed by atoms with Crippen molar-refractivity contribution < 1.29 is 19.4 Å². The quantitative estimate of drug-likeness (QED) is 0.310.